The first-order valence-corrected chi connectivity index (χ1v) is 6.28. The summed E-state index contributed by atoms with van der Waals surface area (Å²) in [6.07, 6.45) is 1.51. The summed E-state index contributed by atoms with van der Waals surface area (Å²) in [5.41, 5.74) is 1.90. The van der Waals surface area contributed by atoms with Crippen LogP contribution in [0.4, 0.5) is 0 Å². The fourth-order valence-corrected chi connectivity index (χ4v) is 2.17. The first-order chi connectivity index (χ1) is 8.70. The van der Waals surface area contributed by atoms with Crippen LogP contribution in [-0.2, 0) is 20.7 Å². The van der Waals surface area contributed by atoms with Gasteiger partial charge in [0, 0.05) is 12.8 Å². The summed E-state index contributed by atoms with van der Waals surface area (Å²) in [5.74, 6) is 0.458. The van der Waals surface area contributed by atoms with Crippen molar-refractivity contribution in [2.24, 2.45) is 0 Å². The van der Waals surface area contributed by atoms with Gasteiger partial charge in [-0.2, -0.15) is 0 Å². The molecular formula is C15H18O3. The monoisotopic (exact) mass is 246 g/mol. The van der Waals surface area contributed by atoms with Crippen LogP contribution in [0.25, 0.3) is 0 Å². The second kappa shape index (κ2) is 5.71. The van der Waals surface area contributed by atoms with E-state index in [0.717, 1.165) is 6.42 Å². The van der Waals surface area contributed by atoms with Gasteiger partial charge in [0.2, 0.25) is 0 Å². The van der Waals surface area contributed by atoms with Crippen LogP contribution in [0.5, 0.6) is 0 Å². The van der Waals surface area contributed by atoms with E-state index in [9.17, 15) is 4.79 Å². The van der Waals surface area contributed by atoms with Gasteiger partial charge in [0.1, 0.15) is 11.9 Å². The molecular weight excluding hydrogens is 228 g/mol. The normalized spacial score (nSPS) is 18.7. The standard InChI is InChI=1S/C15H18O3/c1-3-17-15(16)14-10-13(18-11(14)2)9-12-7-5-4-6-8-12/h4-8,13H,3,9-10H2,1-2H3. The molecule has 0 N–H and O–H groups in total. The van der Waals surface area contributed by atoms with Crippen molar-refractivity contribution < 1.29 is 14.3 Å². The average molecular weight is 246 g/mol. The van der Waals surface area contributed by atoms with Crippen molar-refractivity contribution in [2.45, 2.75) is 32.8 Å². The van der Waals surface area contributed by atoms with Crippen molar-refractivity contribution in [1.82, 2.24) is 0 Å². The van der Waals surface area contributed by atoms with Gasteiger partial charge in [-0.3, -0.25) is 0 Å². The molecule has 2 rings (SSSR count). The number of carbonyl (C=O) groups is 1. The van der Waals surface area contributed by atoms with Crippen LogP contribution in [0.2, 0.25) is 0 Å². The molecule has 0 fully saturated rings. The van der Waals surface area contributed by atoms with Gasteiger partial charge in [0.15, 0.2) is 0 Å². The van der Waals surface area contributed by atoms with Crippen molar-refractivity contribution in [3.8, 4) is 0 Å². The van der Waals surface area contributed by atoms with Gasteiger partial charge in [0.25, 0.3) is 0 Å². The summed E-state index contributed by atoms with van der Waals surface area (Å²) >= 11 is 0. The lowest BCUT2D eigenvalue weighted by atomic mass is 10.0. The molecule has 1 aliphatic heterocycles. The zero-order chi connectivity index (χ0) is 13.0. The van der Waals surface area contributed by atoms with Crippen LogP contribution in [0.15, 0.2) is 41.7 Å². The van der Waals surface area contributed by atoms with Crippen LogP contribution in [0.3, 0.4) is 0 Å². The Labute approximate surface area is 107 Å². The molecule has 0 radical (unpaired) electrons. The number of esters is 1. The highest BCUT2D eigenvalue weighted by Crippen LogP contribution is 2.27. The van der Waals surface area contributed by atoms with Gasteiger partial charge in [-0.25, -0.2) is 4.79 Å². The highest BCUT2D eigenvalue weighted by atomic mass is 16.5. The number of rotatable bonds is 4. The maximum Gasteiger partial charge on any atom is 0.337 e. The predicted molar refractivity (Wildman–Crippen MR) is 69.0 cm³/mol. The summed E-state index contributed by atoms with van der Waals surface area (Å²) in [6.45, 7) is 4.04. The molecule has 3 heteroatoms. The molecule has 0 amide bonds. The summed E-state index contributed by atoms with van der Waals surface area (Å²) < 4.78 is 10.7. The summed E-state index contributed by atoms with van der Waals surface area (Å²) in [6, 6.07) is 10.2. The van der Waals surface area contributed by atoms with Gasteiger partial charge < -0.3 is 9.47 Å². The van der Waals surface area contributed by atoms with Crippen LogP contribution in [-0.4, -0.2) is 18.7 Å². The number of benzene rings is 1. The second-order valence-corrected chi connectivity index (χ2v) is 4.39. The van der Waals surface area contributed by atoms with E-state index in [4.69, 9.17) is 9.47 Å². The summed E-state index contributed by atoms with van der Waals surface area (Å²) in [5, 5.41) is 0. The van der Waals surface area contributed by atoms with E-state index >= 15 is 0 Å². The molecule has 0 saturated carbocycles. The van der Waals surface area contributed by atoms with E-state index < -0.39 is 0 Å². The SMILES string of the molecule is CCOC(=O)C1=C(C)OC(Cc2ccccc2)C1. The zero-order valence-electron chi connectivity index (χ0n) is 10.8. The van der Waals surface area contributed by atoms with Crippen LogP contribution in [0, 0.1) is 0 Å². The molecule has 1 aromatic carbocycles. The second-order valence-electron chi connectivity index (χ2n) is 4.39. The average Bonchev–Trinajstić information content (AvgIpc) is 2.72. The molecule has 1 aliphatic rings. The maximum atomic E-state index is 11.7. The predicted octanol–water partition coefficient (Wildman–Crippen LogP) is 2.86. The van der Waals surface area contributed by atoms with Crippen LogP contribution >= 0.6 is 0 Å². The lowest BCUT2D eigenvalue weighted by Gasteiger charge is -2.11. The van der Waals surface area contributed by atoms with Gasteiger partial charge in [0.05, 0.1) is 12.2 Å². The molecule has 18 heavy (non-hydrogen) atoms. The number of hydrogen-bond donors (Lipinski definition) is 0. The van der Waals surface area contributed by atoms with Gasteiger partial charge in [-0.15, -0.1) is 0 Å². The molecule has 0 bridgehead atoms. The lowest BCUT2D eigenvalue weighted by Crippen LogP contribution is -2.12. The Balaban J connectivity index is 1.96. The number of hydrogen-bond acceptors (Lipinski definition) is 3. The Morgan fingerprint density at radius 2 is 2.11 bits per heavy atom. The Morgan fingerprint density at radius 1 is 1.39 bits per heavy atom. The smallest absolute Gasteiger partial charge is 0.337 e. The Kier molecular flexibility index (Phi) is 4.03. The molecule has 3 nitrogen and oxygen atoms in total. The maximum absolute atomic E-state index is 11.7. The van der Waals surface area contributed by atoms with Crippen molar-refractivity contribution in [3.05, 3.63) is 47.2 Å². The number of carbonyl (C=O) groups excluding carboxylic acids is 1. The van der Waals surface area contributed by atoms with E-state index in [1.165, 1.54) is 5.56 Å². The molecule has 1 aromatic rings. The third kappa shape index (κ3) is 2.92. The quantitative estimate of drug-likeness (QED) is 0.766. The lowest BCUT2D eigenvalue weighted by molar-refractivity contribution is -0.138. The van der Waals surface area contributed by atoms with Gasteiger partial charge >= 0.3 is 5.97 Å². The summed E-state index contributed by atoms with van der Waals surface area (Å²) in [7, 11) is 0. The molecule has 0 spiro atoms. The van der Waals surface area contributed by atoms with E-state index in [1.807, 2.05) is 32.0 Å². The fourth-order valence-electron chi connectivity index (χ4n) is 2.17. The first-order valence-electron chi connectivity index (χ1n) is 6.28. The minimum absolute atomic E-state index is 0.0480. The molecule has 1 unspecified atom stereocenters. The fraction of sp³-hybridized carbons (Fsp3) is 0.400. The van der Waals surface area contributed by atoms with Crippen LogP contribution in [0.1, 0.15) is 25.8 Å². The third-order valence-electron chi connectivity index (χ3n) is 3.03. The first kappa shape index (κ1) is 12.7. The van der Waals surface area contributed by atoms with Crippen molar-refractivity contribution in [3.63, 3.8) is 0 Å². The van der Waals surface area contributed by atoms with Crippen molar-refractivity contribution in [2.75, 3.05) is 6.61 Å². The van der Waals surface area contributed by atoms with Crippen molar-refractivity contribution >= 4 is 5.97 Å². The highest BCUT2D eigenvalue weighted by molar-refractivity contribution is 5.89. The molecule has 96 valence electrons. The minimum Gasteiger partial charge on any atom is -0.494 e. The Morgan fingerprint density at radius 3 is 2.78 bits per heavy atom. The van der Waals surface area contributed by atoms with E-state index in [0.29, 0.717) is 24.4 Å². The molecule has 1 heterocycles. The van der Waals surface area contributed by atoms with Crippen molar-refractivity contribution in [1.29, 1.82) is 0 Å². The third-order valence-corrected chi connectivity index (χ3v) is 3.03. The molecule has 0 aliphatic carbocycles. The highest BCUT2D eigenvalue weighted by Gasteiger charge is 2.28. The minimum atomic E-state index is -0.245. The number of ether oxygens (including phenoxy) is 2. The molecule has 0 aromatic heterocycles. The summed E-state index contributed by atoms with van der Waals surface area (Å²) in [4.78, 5) is 11.7. The number of allylic oxidation sites excluding steroid dienone is 1. The zero-order valence-corrected chi connectivity index (χ0v) is 10.8. The molecule has 1 atom stereocenters. The largest absolute Gasteiger partial charge is 0.494 e. The van der Waals surface area contributed by atoms with Crippen LogP contribution < -0.4 is 0 Å². The van der Waals surface area contributed by atoms with Gasteiger partial charge in [-0.1, -0.05) is 30.3 Å². The van der Waals surface area contributed by atoms with E-state index in [1.54, 1.807) is 0 Å². The Hall–Kier alpha value is -1.77. The van der Waals surface area contributed by atoms with Gasteiger partial charge in [-0.05, 0) is 19.4 Å². The Bertz CT molecular complexity index is 448. The molecule has 0 saturated heterocycles. The topological polar surface area (TPSA) is 35.5 Å². The van der Waals surface area contributed by atoms with E-state index in [2.05, 4.69) is 12.1 Å². The van der Waals surface area contributed by atoms with E-state index in [-0.39, 0.29) is 12.1 Å².